The quantitative estimate of drug-likeness (QED) is 0.480. The number of nitrogens with zero attached hydrogens (tertiary/aromatic N) is 1. The van der Waals surface area contributed by atoms with E-state index in [2.05, 4.69) is 16.9 Å². The molecule has 0 radical (unpaired) electrons. The van der Waals surface area contributed by atoms with Gasteiger partial charge in [0.25, 0.3) is 5.91 Å². The number of aliphatic hydroxyl groups excluding tert-OH is 1. The van der Waals surface area contributed by atoms with Crippen LogP contribution in [0.3, 0.4) is 0 Å². The average Bonchev–Trinajstić information content (AvgIpc) is 3.19. The molecule has 0 saturated carbocycles. The fourth-order valence-electron chi connectivity index (χ4n) is 3.04. The van der Waals surface area contributed by atoms with Gasteiger partial charge in [0.05, 0.1) is 6.61 Å². The molecule has 2 N–H and O–H groups in total. The van der Waals surface area contributed by atoms with Gasteiger partial charge in [0, 0.05) is 31.6 Å². The summed E-state index contributed by atoms with van der Waals surface area (Å²) in [6.07, 6.45) is 2.66. The van der Waals surface area contributed by atoms with E-state index in [-0.39, 0.29) is 19.1 Å². The smallest absolute Gasteiger partial charge is 0.252 e. The lowest BCUT2D eigenvalue weighted by atomic mass is 9.96. The largest absolute Gasteiger partial charge is 0.494 e. The van der Waals surface area contributed by atoms with Crippen LogP contribution in [-0.2, 0) is 16.1 Å². The standard InChI is InChI=1S/C23H26N2O4/c1-2-13-23(22(27)24-16-18-7-4-3-5-8-18)17-29-21(25-23)19-9-11-20(12-10-19)28-15-6-14-26/h2-5,7-12,26H,1,6,13-17H2,(H,24,27)/t23-/m1/s1. The van der Waals surface area contributed by atoms with Crippen molar-refractivity contribution in [2.24, 2.45) is 4.99 Å². The highest BCUT2D eigenvalue weighted by molar-refractivity contribution is 6.00. The van der Waals surface area contributed by atoms with E-state index >= 15 is 0 Å². The van der Waals surface area contributed by atoms with Gasteiger partial charge in [-0.2, -0.15) is 0 Å². The molecule has 1 aliphatic rings. The average molecular weight is 394 g/mol. The number of nitrogens with one attached hydrogen (secondary N) is 1. The first-order valence-corrected chi connectivity index (χ1v) is 9.67. The van der Waals surface area contributed by atoms with Crippen LogP contribution in [0.5, 0.6) is 5.75 Å². The van der Waals surface area contributed by atoms with E-state index in [9.17, 15) is 4.79 Å². The maximum absolute atomic E-state index is 12.9. The first-order chi connectivity index (χ1) is 14.2. The first-order valence-electron chi connectivity index (χ1n) is 9.67. The number of aliphatic imine (C=N–C) groups is 1. The van der Waals surface area contributed by atoms with Crippen LogP contribution in [0.4, 0.5) is 0 Å². The van der Waals surface area contributed by atoms with Gasteiger partial charge in [-0.1, -0.05) is 36.4 Å². The Bertz CT molecular complexity index is 849. The summed E-state index contributed by atoms with van der Waals surface area (Å²) in [7, 11) is 0. The van der Waals surface area contributed by atoms with Gasteiger partial charge in [-0.15, -0.1) is 6.58 Å². The Hall–Kier alpha value is -3.12. The molecule has 1 atom stereocenters. The van der Waals surface area contributed by atoms with E-state index in [0.717, 1.165) is 11.1 Å². The second-order valence-electron chi connectivity index (χ2n) is 6.85. The molecular weight excluding hydrogens is 368 g/mol. The lowest BCUT2D eigenvalue weighted by molar-refractivity contribution is -0.126. The van der Waals surface area contributed by atoms with Crippen molar-refractivity contribution in [1.29, 1.82) is 0 Å². The number of ether oxygens (including phenoxy) is 2. The van der Waals surface area contributed by atoms with Gasteiger partial charge in [-0.25, -0.2) is 4.99 Å². The summed E-state index contributed by atoms with van der Waals surface area (Å²) < 4.78 is 11.3. The molecule has 3 rings (SSSR count). The number of amides is 1. The van der Waals surface area contributed by atoms with Crippen molar-refractivity contribution >= 4 is 11.8 Å². The fraction of sp³-hybridized carbons (Fsp3) is 0.304. The first kappa shape index (κ1) is 20.6. The van der Waals surface area contributed by atoms with Gasteiger partial charge in [0.2, 0.25) is 5.90 Å². The molecule has 1 heterocycles. The molecule has 6 heteroatoms. The van der Waals surface area contributed by atoms with Crippen LogP contribution < -0.4 is 10.1 Å². The molecule has 6 nitrogen and oxygen atoms in total. The Morgan fingerprint density at radius 1 is 1.24 bits per heavy atom. The van der Waals surface area contributed by atoms with Crippen molar-refractivity contribution in [1.82, 2.24) is 5.32 Å². The number of carbonyl (C=O) groups excluding carboxylic acids is 1. The normalized spacial score (nSPS) is 17.9. The Labute approximate surface area is 170 Å². The monoisotopic (exact) mass is 394 g/mol. The summed E-state index contributed by atoms with van der Waals surface area (Å²) >= 11 is 0. The molecule has 2 aromatic rings. The number of carbonyl (C=O) groups is 1. The van der Waals surface area contributed by atoms with Crippen LogP contribution in [0, 0.1) is 0 Å². The van der Waals surface area contributed by atoms with Crippen LogP contribution in [0.25, 0.3) is 0 Å². The highest BCUT2D eigenvalue weighted by atomic mass is 16.5. The van der Waals surface area contributed by atoms with Crippen LogP contribution in [0.1, 0.15) is 24.0 Å². The predicted octanol–water partition coefficient (Wildman–Crippen LogP) is 2.86. The minimum atomic E-state index is -1.01. The second kappa shape index (κ2) is 9.89. The molecule has 0 aromatic heterocycles. The third-order valence-electron chi connectivity index (χ3n) is 4.64. The highest BCUT2D eigenvalue weighted by Crippen LogP contribution is 2.27. The molecular formula is C23H26N2O4. The van der Waals surface area contributed by atoms with Crippen molar-refractivity contribution in [3.63, 3.8) is 0 Å². The zero-order valence-electron chi connectivity index (χ0n) is 16.3. The van der Waals surface area contributed by atoms with Crippen molar-refractivity contribution in [3.8, 4) is 5.75 Å². The molecule has 0 fully saturated rings. The lowest BCUT2D eigenvalue weighted by Gasteiger charge is -2.21. The predicted molar refractivity (Wildman–Crippen MR) is 112 cm³/mol. The molecule has 1 aliphatic heterocycles. The number of benzene rings is 2. The SMILES string of the molecule is C=CC[C@]1(C(=O)NCc2ccccc2)COC(c2ccc(OCCCO)cc2)=N1. The number of rotatable bonds is 10. The topological polar surface area (TPSA) is 80.2 Å². The van der Waals surface area contributed by atoms with E-state index < -0.39 is 5.54 Å². The maximum Gasteiger partial charge on any atom is 0.252 e. The Morgan fingerprint density at radius 2 is 2.00 bits per heavy atom. The van der Waals surface area contributed by atoms with Crippen molar-refractivity contribution in [2.75, 3.05) is 19.8 Å². The summed E-state index contributed by atoms with van der Waals surface area (Å²) in [4.78, 5) is 17.6. The maximum atomic E-state index is 12.9. The third kappa shape index (κ3) is 5.23. The van der Waals surface area contributed by atoms with Gasteiger partial charge in [-0.05, 0) is 29.8 Å². The molecule has 0 saturated heterocycles. The number of hydrogen-bond donors (Lipinski definition) is 2. The van der Waals surface area contributed by atoms with Crippen molar-refractivity contribution in [3.05, 3.63) is 78.4 Å². The molecule has 0 bridgehead atoms. The summed E-state index contributed by atoms with van der Waals surface area (Å²) in [5, 5.41) is 11.8. The van der Waals surface area contributed by atoms with Crippen LogP contribution >= 0.6 is 0 Å². The summed E-state index contributed by atoms with van der Waals surface area (Å²) in [5.74, 6) is 0.961. The molecule has 29 heavy (non-hydrogen) atoms. The molecule has 2 aromatic carbocycles. The van der Waals surface area contributed by atoms with Crippen LogP contribution in [0.2, 0.25) is 0 Å². The molecule has 0 unspecified atom stereocenters. The number of hydrogen-bond acceptors (Lipinski definition) is 5. The zero-order chi connectivity index (χ0) is 20.5. The summed E-state index contributed by atoms with van der Waals surface area (Å²) in [5.41, 5.74) is 0.790. The van der Waals surface area contributed by atoms with E-state index in [1.807, 2.05) is 54.6 Å². The number of aliphatic hydroxyl groups is 1. The molecule has 0 aliphatic carbocycles. The summed E-state index contributed by atoms with van der Waals surface area (Å²) in [6.45, 7) is 4.93. The van der Waals surface area contributed by atoms with E-state index in [4.69, 9.17) is 14.6 Å². The van der Waals surface area contributed by atoms with Gasteiger partial charge in [0.15, 0.2) is 5.54 Å². The van der Waals surface area contributed by atoms with Gasteiger partial charge in [-0.3, -0.25) is 4.79 Å². The fourth-order valence-corrected chi connectivity index (χ4v) is 3.04. The minimum Gasteiger partial charge on any atom is -0.494 e. The Morgan fingerprint density at radius 3 is 2.69 bits per heavy atom. The van der Waals surface area contributed by atoms with Gasteiger partial charge >= 0.3 is 0 Å². The highest BCUT2D eigenvalue weighted by Gasteiger charge is 2.43. The van der Waals surface area contributed by atoms with Gasteiger partial charge < -0.3 is 19.9 Å². The Balaban J connectivity index is 1.70. The van der Waals surface area contributed by atoms with E-state index in [1.165, 1.54) is 0 Å². The Kier molecular flexibility index (Phi) is 7.03. The van der Waals surface area contributed by atoms with E-state index in [1.54, 1.807) is 6.08 Å². The minimum absolute atomic E-state index is 0.0977. The molecule has 1 amide bonds. The second-order valence-corrected chi connectivity index (χ2v) is 6.85. The van der Waals surface area contributed by atoms with E-state index in [0.29, 0.717) is 37.6 Å². The third-order valence-corrected chi connectivity index (χ3v) is 4.64. The van der Waals surface area contributed by atoms with Crippen LogP contribution in [-0.4, -0.2) is 42.3 Å². The summed E-state index contributed by atoms with van der Waals surface area (Å²) in [6, 6.07) is 17.1. The van der Waals surface area contributed by atoms with Crippen molar-refractivity contribution in [2.45, 2.75) is 24.9 Å². The van der Waals surface area contributed by atoms with Crippen LogP contribution in [0.15, 0.2) is 72.2 Å². The van der Waals surface area contributed by atoms with Crippen molar-refractivity contribution < 1.29 is 19.4 Å². The lowest BCUT2D eigenvalue weighted by Crippen LogP contribution is -2.46. The molecule has 0 spiro atoms. The van der Waals surface area contributed by atoms with Gasteiger partial charge in [0.1, 0.15) is 12.4 Å². The zero-order valence-corrected chi connectivity index (χ0v) is 16.3. The molecule has 152 valence electrons.